The minimum absolute atomic E-state index is 0.0225. The van der Waals surface area contributed by atoms with Crippen molar-refractivity contribution < 1.29 is 41.4 Å². The number of thiophene rings is 1. The Morgan fingerprint density at radius 3 is 2.38 bits per heavy atom. The van der Waals surface area contributed by atoms with Gasteiger partial charge in [0.25, 0.3) is 5.91 Å². The molecule has 0 spiro atoms. The molecule has 0 radical (unpaired) electrons. The summed E-state index contributed by atoms with van der Waals surface area (Å²) in [6.07, 6.45) is -4.87. The summed E-state index contributed by atoms with van der Waals surface area (Å²) < 4.78 is 58.0. The number of esters is 2. The fraction of sp³-hybridized carbons (Fsp3) is 0.261. The quantitative estimate of drug-likeness (QED) is 0.217. The third-order valence-corrected chi connectivity index (χ3v) is 7.52. The molecule has 4 rings (SSSR count). The van der Waals surface area contributed by atoms with Crippen molar-refractivity contribution in [3.8, 4) is 11.5 Å². The molecule has 4 heterocycles. The Morgan fingerprint density at radius 2 is 1.79 bits per heavy atom. The van der Waals surface area contributed by atoms with Crippen LogP contribution in [0.2, 0.25) is 0 Å². The summed E-state index contributed by atoms with van der Waals surface area (Å²) in [5, 5.41) is 6.26. The number of ether oxygens (including phenoxy) is 2. The molecule has 4 aromatic rings. The molecule has 0 atom stereocenters. The van der Waals surface area contributed by atoms with Crippen LogP contribution in [0.4, 0.5) is 18.2 Å². The van der Waals surface area contributed by atoms with E-state index in [2.05, 4.69) is 47.3 Å². The Labute approximate surface area is 238 Å². The van der Waals surface area contributed by atoms with Crippen molar-refractivity contribution in [3.63, 3.8) is 0 Å². The highest BCUT2D eigenvalue weighted by atomic mass is 79.9. The molecule has 0 aromatic carbocycles. The first-order chi connectivity index (χ1) is 18.4. The number of carbonyl (C=O) groups is 3. The van der Waals surface area contributed by atoms with E-state index >= 15 is 0 Å². The normalized spacial score (nSPS) is 11.6. The van der Waals surface area contributed by atoms with Gasteiger partial charge in [-0.2, -0.15) is 18.3 Å². The van der Waals surface area contributed by atoms with Gasteiger partial charge in [0.15, 0.2) is 27.5 Å². The molecule has 206 valence electrons. The second-order valence-corrected chi connectivity index (χ2v) is 10.3. The van der Waals surface area contributed by atoms with Gasteiger partial charge in [0.05, 0.1) is 23.2 Å². The number of halogens is 5. The van der Waals surface area contributed by atoms with E-state index in [9.17, 15) is 27.6 Å². The summed E-state index contributed by atoms with van der Waals surface area (Å²) in [4.78, 5) is 42.6. The molecule has 1 amide bonds. The molecule has 39 heavy (non-hydrogen) atoms. The maximum Gasteiger partial charge on any atom is 0.433 e. The van der Waals surface area contributed by atoms with E-state index in [1.54, 1.807) is 13.8 Å². The number of nitrogens with zero attached hydrogens (tertiary/aromatic N) is 3. The van der Waals surface area contributed by atoms with Gasteiger partial charge in [-0.1, -0.05) is 0 Å². The van der Waals surface area contributed by atoms with Crippen LogP contribution in [-0.4, -0.2) is 45.7 Å². The van der Waals surface area contributed by atoms with Crippen molar-refractivity contribution in [1.29, 1.82) is 0 Å². The number of rotatable bonds is 7. The van der Waals surface area contributed by atoms with E-state index in [1.165, 1.54) is 19.1 Å². The van der Waals surface area contributed by atoms with E-state index in [0.717, 1.165) is 17.4 Å². The average molecular weight is 694 g/mol. The smallest absolute Gasteiger partial charge is 0.433 e. The monoisotopic (exact) mass is 692 g/mol. The maximum atomic E-state index is 14.0. The summed E-state index contributed by atoms with van der Waals surface area (Å²) >= 11 is 7.00. The van der Waals surface area contributed by atoms with Crippen LogP contribution >= 0.6 is 43.2 Å². The fourth-order valence-corrected chi connectivity index (χ4v) is 5.43. The molecule has 0 aliphatic carbocycles. The lowest BCUT2D eigenvalue weighted by atomic mass is 10.1. The molecule has 1 N–H and O–H groups in total. The summed E-state index contributed by atoms with van der Waals surface area (Å²) in [5.74, 6) is -2.43. The van der Waals surface area contributed by atoms with Crippen LogP contribution < -0.4 is 5.32 Å². The predicted molar refractivity (Wildman–Crippen MR) is 140 cm³/mol. The number of aromatic nitrogens is 3. The lowest BCUT2D eigenvalue weighted by molar-refractivity contribution is -0.142. The third-order valence-electron chi connectivity index (χ3n) is 5.18. The topological polar surface area (TPSA) is 125 Å². The Morgan fingerprint density at radius 1 is 1.13 bits per heavy atom. The zero-order chi connectivity index (χ0) is 28.6. The van der Waals surface area contributed by atoms with Crippen molar-refractivity contribution in [1.82, 2.24) is 14.6 Å². The number of hydrogen-bond donors (Lipinski definition) is 1. The van der Waals surface area contributed by atoms with E-state index < -0.39 is 35.4 Å². The van der Waals surface area contributed by atoms with Gasteiger partial charge < -0.3 is 19.2 Å². The Kier molecular flexibility index (Phi) is 8.18. The van der Waals surface area contributed by atoms with Crippen molar-refractivity contribution in [2.75, 3.05) is 18.5 Å². The summed E-state index contributed by atoms with van der Waals surface area (Å²) in [6, 6.07) is 3.66. The molecule has 0 aliphatic rings. The van der Waals surface area contributed by atoms with Crippen molar-refractivity contribution in [2.45, 2.75) is 26.9 Å². The van der Waals surface area contributed by atoms with Gasteiger partial charge in [0.1, 0.15) is 15.6 Å². The number of hydrogen-bond acceptors (Lipinski definition) is 9. The second kappa shape index (κ2) is 11.1. The van der Waals surface area contributed by atoms with Gasteiger partial charge in [-0.3, -0.25) is 4.79 Å². The molecular weight excluding hydrogens is 677 g/mol. The lowest BCUT2D eigenvalue weighted by Crippen LogP contribution is -2.17. The van der Waals surface area contributed by atoms with Gasteiger partial charge in [0, 0.05) is 0 Å². The Balaban J connectivity index is 1.81. The molecule has 10 nitrogen and oxygen atoms in total. The maximum absolute atomic E-state index is 14.0. The number of fused-ring (bicyclic) bond motifs is 1. The van der Waals surface area contributed by atoms with Crippen LogP contribution in [0.15, 0.2) is 31.8 Å². The number of nitrogens with one attached hydrogen (secondary N) is 1. The summed E-state index contributed by atoms with van der Waals surface area (Å²) in [7, 11) is 0. The second-order valence-electron chi connectivity index (χ2n) is 7.68. The average Bonchev–Trinajstić information content (AvgIpc) is 3.53. The van der Waals surface area contributed by atoms with E-state index in [4.69, 9.17) is 13.9 Å². The van der Waals surface area contributed by atoms with E-state index in [1.807, 2.05) is 0 Å². The molecule has 4 aromatic heterocycles. The molecule has 0 bridgehead atoms. The third kappa shape index (κ3) is 5.58. The summed E-state index contributed by atoms with van der Waals surface area (Å²) in [5.41, 5.74) is -1.99. The molecular formula is C23H17Br2F3N4O6S. The first kappa shape index (κ1) is 28.8. The van der Waals surface area contributed by atoms with Crippen molar-refractivity contribution >= 4 is 71.7 Å². The molecule has 0 saturated carbocycles. The molecule has 0 aliphatic heterocycles. The predicted octanol–water partition coefficient (Wildman–Crippen LogP) is 6.51. The number of furan rings is 1. The first-order valence-electron chi connectivity index (χ1n) is 11.1. The minimum Gasteiger partial charge on any atom is -0.462 e. The van der Waals surface area contributed by atoms with Crippen LogP contribution in [0, 0.1) is 6.92 Å². The fourth-order valence-electron chi connectivity index (χ4n) is 3.52. The van der Waals surface area contributed by atoms with Crippen molar-refractivity contribution in [2.24, 2.45) is 0 Å². The van der Waals surface area contributed by atoms with Crippen LogP contribution in [0.5, 0.6) is 0 Å². The van der Waals surface area contributed by atoms with Crippen LogP contribution in [0.1, 0.15) is 55.6 Å². The standard InChI is InChI=1S/C23H17Br2F3N4O6S/c1-4-36-21(34)14-9(3)17(22(35)37-5-2)39-20(14)30-19(33)16-15(25)18-29-10(11-6-7-13(24)38-11)8-12(23(26,27)28)32(18)31-16/h6-8H,4-5H2,1-3H3,(H,30,33). The van der Waals surface area contributed by atoms with Crippen LogP contribution in [0.25, 0.3) is 17.1 Å². The highest BCUT2D eigenvalue weighted by Gasteiger charge is 2.37. The lowest BCUT2D eigenvalue weighted by Gasteiger charge is -2.10. The minimum atomic E-state index is -4.87. The summed E-state index contributed by atoms with van der Waals surface area (Å²) in [6.45, 7) is 4.77. The van der Waals surface area contributed by atoms with E-state index in [0.29, 0.717) is 4.52 Å². The number of amides is 1. The van der Waals surface area contributed by atoms with Crippen LogP contribution in [0.3, 0.4) is 0 Å². The number of alkyl halides is 3. The largest absolute Gasteiger partial charge is 0.462 e. The first-order valence-corrected chi connectivity index (χ1v) is 13.5. The zero-order valence-electron chi connectivity index (χ0n) is 20.2. The highest BCUT2D eigenvalue weighted by molar-refractivity contribution is 9.10. The molecule has 0 saturated heterocycles. The molecule has 16 heteroatoms. The van der Waals surface area contributed by atoms with Gasteiger partial charge in [-0.05, 0) is 76.4 Å². The Hall–Kier alpha value is -3.24. The van der Waals surface area contributed by atoms with E-state index in [-0.39, 0.29) is 60.5 Å². The number of anilines is 1. The number of carbonyl (C=O) groups excluding carboxylic acids is 3. The highest BCUT2D eigenvalue weighted by Crippen LogP contribution is 2.37. The van der Waals surface area contributed by atoms with Crippen molar-refractivity contribution in [3.05, 3.63) is 54.7 Å². The SMILES string of the molecule is CCOC(=O)c1sc(NC(=O)c2nn3c(C(F)(F)F)cc(-c4ccc(Br)o4)nc3c2Br)c(C(=O)OCC)c1C. The van der Waals surface area contributed by atoms with Gasteiger partial charge >= 0.3 is 18.1 Å². The Bertz CT molecular complexity index is 1610. The zero-order valence-corrected chi connectivity index (χ0v) is 24.2. The van der Waals surface area contributed by atoms with Crippen LogP contribution in [-0.2, 0) is 15.7 Å². The molecule has 0 unspecified atom stereocenters. The van der Waals surface area contributed by atoms with Gasteiger partial charge in [0.2, 0.25) is 0 Å². The van der Waals surface area contributed by atoms with Gasteiger partial charge in [-0.15, -0.1) is 11.3 Å². The molecule has 0 fully saturated rings. The van der Waals surface area contributed by atoms with Gasteiger partial charge in [-0.25, -0.2) is 19.1 Å².